The van der Waals surface area contributed by atoms with E-state index in [1.165, 1.54) is 0 Å². The van der Waals surface area contributed by atoms with E-state index in [0.29, 0.717) is 0 Å². The van der Waals surface area contributed by atoms with Gasteiger partial charge in [-0.3, -0.25) is 0 Å². The van der Waals surface area contributed by atoms with Crippen LogP contribution in [-0.2, 0) is 5.60 Å². The monoisotopic (exact) mass is 220 g/mol. The lowest BCUT2D eigenvalue weighted by Crippen LogP contribution is -2.22. The summed E-state index contributed by atoms with van der Waals surface area (Å²) < 4.78 is 5.29. The largest absolute Gasteiger partial charge is 0.496 e. The fraction of sp³-hybridized carbons (Fsp3) is 0.571. The second-order valence-corrected chi connectivity index (χ2v) is 4.88. The van der Waals surface area contributed by atoms with Crippen LogP contribution in [0.5, 0.6) is 5.75 Å². The van der Waals surface area contributed by atoms with E-state index in [2.05, 4.69) is 6.07 Å². The number of hydrogen-bond acceptors (Lipinski definition) is 2. The molecule has 88 valence electrons. The van der Waals surface area contributed by atoms with E-state index in [-0.39, 0.29) is 0 Å². The SMILES string of the molecule is COc1cc(C)c(C2(O)CCCC2)cc1C. The summed E-state index contributed by atoms with van der Waals surface area (Å²) in [7, 11) is 1.69. The molecule has 0 atom stereocenters. The summed E-state index contributed by atoms with van der Waals surface area (Å²) in [5, 5.41) is 10.6. The first kappa shape index (κ1) is 11.5. The summed E-state index contributed by atoms with van der Waals surface area (Å²) in [6, 6.07) is 4.11. The molecule has 0 spiro atoms. The van der Waals surface area contributed by atoms with Gasteiger partial charge in [0.15, 0.2) is 0 Å². The van der Waals surface area contributed by atoms with Gasteiger partial charge in [-0.05, 0) is 55.5 Å². The highest BCUT2D eigenvalue weighted by molar-refractivity contribution is 5.44. The van der Waals surface area contributed by atoms with E-state index in [1.54, 1.807) is 7.11 Å². The molecule has 1 fully saturated rings. The molecule has 2 nitrogen and oxygen atoms in total. The second-order valence-electron chi connectivity index (χ2n) is 4.88. The molecule has 1 aromatic carbocycles. The minimum Gasteiger partial charge on any atom is -0.496 e. The molecule has 0 bridgehead atoms. The Morgan fingerprint density at radius 2 is 1.75 bits per heavy atom. The van der Waals surface area contributed by atoms with E-state index in [0.717, 1.165) is 48.1 Å². The summed E-state index contributed by atoms with van der Waals surface area (Å²) in [5.74, 6) is 0.905. The van der Waals surface area contributed by atoms with Crippen molar-refractivity contribution in [2.75, 3.05) is 7.11 Å². The highest BCUT2D eigenvalue weighted by Crippen LogP contribution is 2.41. The van der Waals surface area contributed by atoms with Gasteiger partial charge in [0.05, 0.1) is 12.7 Å². The minimum atomic E-state index is -0.596. The molecule has 1 aliphatic rings. The third-order valence-electron chi connectivity index (χ3n) is 3.67. The van der Waals surface area contributed by atoms with Crippen molar-refractivity contribution in [2.45, 2.75) is 45.1 Å². The highest BCUT2D eigenvalue weighted by Gasteiger charge is 2.34. The molecule has 0 heterocycles. The molecule has 0 radical (unpaired) electrons. The van der Waals surface area contributed by atoms with E-state index in [9.17, 15) is 5.11 Å². The van der Waals surface area contributed by atoms with Gasteiger partial charge in [0.2, 0.25) is 0 Å². The van der Waals surface area contributed by atoms with Gasteiger partial charge in [-0.1, -0.05) is 12.8 Å². The third kappa shape index (κ3) is 1.82. The first-order valence-corrected chi connectivity index (χ1v) is 5.95. The molecular formula is C14H20O2. The minimum absolute atomic E-state index is 0.596. The molecule has 0 saturated heterocycles. The van der Waals surface area contributed by atoms with E-state index >= 15 is 0 Å². The van der Waals surface area contributed by atoms with Crippen molar-refractivity contribution < 1.29 is 9.84 Å². The van der Waals surface area contributed by atoms with Crippen molar-refractivity contribution in [3.63, 3.8) is 0 Å². The predicted molar refractivity (Wildman–Crippen MR) is 64.8 cm³/mol. The van der Waals surface area contributed by atoms with Gasteiger partial charge < -0.3 is 9.84 Å². The van der Waals surface area contributed by atoms with Gasteiger partial charge in [-0.2, -0.15) is 0 Å². The van der Waals surface area contributed by atoms with Crippen LogP contribution in [0.1, 0.15) is 42.4 Å². The zero-order valence-electron chi connectivity index (χ0n) is 10.3. The Kier molecular flexibility index (Phi) is 2.94. The summed E-state index contributed by atoms with van der Waals surface area (Å²) in [4.78, 5) is 0. The van der Waals surface area contributed by atoms with Crippen molar-refractivity contribution in [1.82, 2.24) is 0 Å². The maximum Gasteiger partial charge on any atom is 0.122 e. The van der Waals surface area contributed by atoms with E-state index in [4.69, 9.17) is 4.74 Å². The Balaban J connectivity index is 2.45. The number of aliphatic hydroxyl groups is 1. The highest BCUT2D eigenvalue weighted by atomic mass is 16.5. The number of rotatable bonds is 2. The topological polar surface area (TPSA) is 29.5 Å². The molecule has 1 N–H and O–H groups in total. The average Bonchev–Trinajstić information content (AvgIpc) is 2.69. The van der Waals surface area contributed by atoms with Crippen molar-refractivity contribution in [1.29, 1.82) is 0 Å². The predicted octanol–water partition coefficient (Wildman–Crippen LogP) is 3.07. The van der Waals surface area contributed by atoms with Crippen LogP contribution in [-0.4, -0.2) is 12.2 Å². The van der Waals surface area contributed by atoms with Crippen molar-refractivity contribution >= 4 is 0 Å². The summed E-state index contributed by atoms with van der Waals surface area (Å²) in [6.45, 7) is 4.08. The van der Waals surface area contributed by atoms with Gasteiger partial charge in [0.1, 0.15) is 5.75 Å². The van der Waals surface area contributed by atoms with Crippen molar-refractivity contribution in [3.8, 4) is 5.75 Å². The quantitative estimate of drug-likeness (QED) is 0.830. The van der Waals surface area contributed by atoms with Crippen LogP contribution in [0, 0.1) is 13.8 Å². The molecule has 1 saturated carbocycles. The Hall–Kier alpha value is -1.02. The molecule has 0 amide bonds. The van der Waals surface area contributed by atoms with Gasteiger partial charge in [0, 0.05) is 0 Å². The number of benzene rings is 1. The lowest BCUT2D eigenvalue weighted by Gasteiger charge is -2.26. The molecule has 0 unspecified atom stereocenters. The average molecular weight is 220 g/mol. The van der Waals surface area contributed by atoms with E-state index < -0.39 is 5.60 Å². The van der Waals surface area contributed by atoms with Crippen LogP contribution >= 0.6 is 0 Å². The summed E-state index contributed by atoms with van der Waals surface area (Å²) >= 11 is 0. The maximum atomic E-state index is 10.6. The normalized spacial score (nSPS) is 18.8. The van der Waals surface area contributed by atoms with Crippen LogP contribution in [0.15, 0.2) is 12.1 Å². The summed E-state index contributed by atoms with van der Waals surface area (Å²) in [6.07, 6.45) is 4.03. The number of methoxy groups -OCH3 is 1. The lowest BCUT2D eigenvalue weighted by atomic mass is 9.87. The zero-order chi connectivity index (χ0) is 11.8. The Morgan fingerprint density at radius 3 is 2.31 bits per heavy atom. The fourth-order valence-corrected chi connectivity index (χ4v) is 2.74. The second kappa shape index (κ2) is 4.10. The van der Waals surface area contributed by atoms with Crippen LogP contribution in [0.2, 0.25) is 0 Å². The maximum absolute atomic E-state index is 10.6. The van der Waals surface area contributed by atoms with E-state index in [1.807, 2.05) is 19.9 Å². The molecule has 0 aliphatic heterocycles. The number of ether oxygens (including phenoxy) is 1. The molecule has 16 heavy (non-hydrogen) atoms. The molecular weight excluding hydrogens is 200 g/mol. The first-order valence-electron chi connectivity index (χ1n) is 5.95. The van der Waals surface area contributed by atoms with Gasteiger partial charge in [0.25, 0.3) is 0 Å². The van der Waals surface area contributed by atoms with Crippen LogP contribution in [0.3, 0.4) is 0 Å². The molecule has 1 aliphatic carbocycles. The van der Waals surface area contributed by atoms with Crippen molar-refractivity contribution in [2.24, 2.45) is 0 Å². The fourth-order valence-electron chi connectivity index (χ4n) is 2.74. The first-order chi connectivity index (χ1) is 7.57. The van der Waals surface area contributed by atoms with Crippen molar-refractivity contribution in [3.05, 3.63) is 28.8 Å². The van der Waals surface area contributed by atoms with Crippen LogP contribution < -0.4 is 4.74 Å². The molecule has 2 heteroatoms. The molecule has 1 aromatic rings. The summed E-state index contributed by atoms with van der Waals surface area (Å²) in [5.41, 5.74) is 2.72. The smallest absolute Gasteiger partial charge is 0.122 e. The zero-order valence-corrected chi connectivity index (χ0v) is 10.3. The Labute approximate surface area is 97.3 Å². The Bertz CT molecular complexity index is 390. The number of aryl methyl sites for hydroxylation is 2. The van der Waals surface area contributed by atoms with Gasteiger partial charge >= 0.3 is 0 Å². The molecule has 0 aromatic heterocycles. The standard InChI is InChI=1S/C14H20O2/c1-10-9-13(16-3)11(2)8-12(10)14(15)6-4-5-7-14/h8-9,15H,4-7H2,1-3H3. The van der Waals surface area contributed by atoms with Crippen LogP contribution in [0.25, 0.3) is 0 Å². The van der Waals surface area contributed by atoms with Gasteiger partial charge in [-0.25, -0.2) is 0 Å². The Morgan fingerprint density at radius 1 is 1.12 bits per heavy atom. The third-order valence-corrected chi connectivity index (χ3v) is 3.67. The van der Waals surface area contributed by atoms with Gasteiger partial charge in [-0.15, -0.1) is 0 Å². The van der Waals surface area contributed by atoms with Crippen LogP contribution in [0.4, 0.5) is 0 Å². The number of hydrogen-bond donors (Lipinski definition) is 1. The molecule has 2 rings (SSSR count). The lowest BCUT2D eigenvalue weighted by molar-refractivity contribution is 0.0437.